The summed E-state index contributed by atoms with van der Waals surface area (Å²) in [7, 11) is 0. The fourth-order valence-corrected chi connectivity index (χ4v) is 3.12. The molecule has 1 heterocycles. The Hall–Kier alpha value is -4.63. The quantitative estimate of drug-likeness (QED) is 0.366. The number of carbonyl (C=O) groups is 1. The number of anilines is 1. The minimum absolute atomic E-state index is 0.320. The molecule has 168 valence electrons. The summed E-state index contributed by atoms with van der Waals surface area (Å²) in [4.78, 5) is 16.4. The summed E-state index contributed by atoms with van der Waals surface area (Å²) < 4.78 is 19.2. The van der Waals surface area contributed by atoms with Crippen LogP contribution in [0.2, 0.25) is 0 Å². The van der Waals surface area contributed by atoms with E-state index >= 15 is 0 Å². The first-order chi connectivity index (χ1) is 16.7. The highest BCUT2D eigenvalue weighted by Gasteiger charge is 2.08. The highest BCUT2D eigenvalue weighted by molar-refractivity contribution is 5.89. The minimum atomic E-state index is -0.321. The van der Waals surface area contributed by atoms with Crippen molar-refractivity contribution in [3.63, 3.8) is 0 Å². The monoisotopic (exact) mass is 451 g/mol. The molecule has 0 bridgehead atoms. The number of carbonyl (C=O) groups excluding carboxylic acids is 1. The molecule has 0 radical (unpaired) electrons. The number of benzene rings is 3. The van der Waals surface area contributed by atoms with E-state index in [1.54, 1.807) is 42.7 Å². The molecule has 0 aliphatic rings. The summed E-state index contributed by atoms with van der Waals surface area (Å²) in [5.41, 5.74) is 2.87. The van der Waals surface area contributed by atoms with Crippen LogP contribution in [0.3, 0.4) is 0 Å². The zero-order chi connectivity index (χ0) is 23.6. The highest BCUT2D eigenvalue weighted by Crippen LogP contribution is 2.27. The molecular formula is C28H22FN3O2. The normalized spacial score (nSPS) is 10.0. The third-order valence-corrected chi connectivity index (χ3v) is 4.82. The van der Waals surface area contributed by atoms with E-state index in [4.69, 9.17) is 4.74 Å². The van der Waals surface area contributed by atoms with Crippen LogP contribution in [0.4, 0.5) is 14.9 Å². The fraction of sp³-hybridized carbons (Fsp3) is 0.0714. The molecule has 6 heteroatoms. The standard InChI is InChI=1S/C28H22FN3O2/c29-24-12-9-21(10-13-24)8-11-23-19-25(14-15-27(23)34-26-6-2-1-3-7-26)32-28(33)31-18-16-22-5-4-17-30-20-22/h1-7,9-10,12-15,17,19-20H,16,18H2,(H2,31,32,33). The van der Waals surface area contributed by atoms with Crippen molar-refractivity contribution in [2.45, 2.75) is 6.42 Å². The number of ether oxygens (including phenoxy) is 1. The Balaban J connectivity index is 1.48. The fourth-order valence-electron chi connectivity index (χ4n) is 3.12. The summed E-state index contributed by atoms with van der Waals surface area (Å²) in [5, 5.41) is 5.66. The number of hydrogen-bond donors (Lipinski definition) is 2. The molecule has 0 saturated heterocycles. The highest BCUT2D eigenvalue weighted by atomic mass is 19.1. The zero-order valence-electron chi connectivity index (χ0n) is 18.3. The topological polar surface area (TPSA) is 63.2 Å². The van der Waals surface area contributed by atoms with Crippen LogP contribution in [0.15, 0.2) is 97.3 Å². The lowest BCUT2D eigenvalue weighted by Gasteiger charge is -2.11. The van der Waals surface area contributed by atoms with Crippen LogP contribution < -0.4 is 15.4 Å². The van der Waals surface area contributed by atoms with Crippen molar-refractivity contribution >= 4 is 11.7 Å². The van der Waals surface area contributed by atoms with Gasteiger partial charge in [0.15, 0.2) is 0 Å². The molecule has 2 amide bonds. The SMILES string of the molecule is O=C(NCCc1cccnc1)Nc1ccc(Oc2ccccc2)c(C#Cc2ccc(F)cc2)c1. The summed E-state index contributed by atoms with van der Waals surface area (Å²) in [6, 6.07) is 24.1. The third-order valence-electron chi connectivity index (χ3n) is 4.82. The number of halogens is 1. The number of para-hydroxylation sites is 1. The Kier molecular flexibility index (Phi) is 7.50. The van der Waals surface area contributed by atoms with Gasteiger partial charge in [0.2, 0.25) is 0 Å². The van der Waals surface area contributed by atoms with E-state index in [1.807, 2.05) is 42.5 Å². The van der Waals surface area contributed by atoms with E-state index in [-0.39, 0.29) is 11.8 Å². The number of hydrogen-bond acceptors (Lipinski definition) is 3. The van der Waals surface area contributed by atoms with Gasteiger partial charge in [-0.2, -0.15) is 0 Å². The van der Waals surface area contributed by atoms with E-state index < -0.39 is 0 Å². The Labute approximate surface area is 197 Å². The van der Waals surface area contributed by atoms with Gasteiger partial charge < -0.3 is 15.4 Å². The van der Waals surface area contributed by atoms with E-state index in [0.29, 0.717) is 41.3 Å². The van der Waals surface area contributed by atoms with Crippen LogP contribution in [0.1, 0.15) is 16.7 Å². The maximum absolute atomic E-state index is 13.2. The van der Waals surface area contributed by atoms with E-state index in [9.17, 15) is 9.18 Å². The van der Waals surface area contributed by atoms with Gasteiger partial charge in [-0.15, -0.1) is 0 Å². The van der Waals surface area contributed by atoms with Crippen molar-refractivity contribution in [1.29, 1.82) is 0 Å². The molecule has 0 atom stereocenters. The molecule has 0 unspecified atom stereocenters. The number of nitrogens with one attached hydrogen (secondary N) is 2. The van der Waals surface area contributed by atoms with Crippen LogP contribution in [0.5, 0.6) is 11.5 Å². The molecule has 0 saturated carbocycles. The summed E-state index contributed by atoms with van der Waals surface area (Å²) in [5.74, 6) is 6.98. The molecule has 0 aliphatic heterocycles. The third kappa shape index (κ3) is 6.68. The van der Waals surface area contributed by atoms with Crippen molar-refractivity contribution in [2.75, 3.05) is 11.9 Å². The molecule has 2 N–H and O–H groups in total. The number of nitrogens with zero attached hydrogens (tertiary/aromatic N) is 1. The number of amides is 2. The van der Waals surface area contributed by atoms with Crippen molar-refractivity contribution < 1.29 is 13.9 Å². The molecule has 4 rings (SSSR count). The summed E-state index contributed by atoms with van der Waals surface area (Å²) >= 11 is 0. The van der Waals surface area contributed by atoms with E-state index in [2.05, 4.69) is 27.5 Å². The molecule has 34 heavy (non-hydrogen) atoms. The smallest absolute Gasteiger partial charge is 0.319 e. The molecule has 5 nitrogen and oxygen atoms in total. The van der Waals surface area contributed by atoms with E-state index in [0.717, 1.165) is 5.56 Å². The van der Waals surface area contributed by atoms with Crippen LogP contribution in [-0.4, -0.2) is 17.6 Å². The average Bonchev–Trinajstić information content (AvgIpc) is 2.86. The maximum Gasteiger partial charge on any atom is 0.319 e. The van der Waals surface area contributed by atoms with Gasteiger partial charge in [-0.3, -0.25) is 4.98 Å². The van der Waals surface area contributed by atoms with Crippen LogP contribution in [0, 0.1) is 17.7 Å². The second-order valence-corrected chi connectivity index (χ2v) is 7.38. The number of aromatic nitrogens is 1. The molecule has 0 aliphatic carbocycles. The Morgan fingerprint density at radius 1 is 0.941 bits per heavy atom. The van der Waals surface area contributed by atoms with Gasteiger partial charge in [0.05, 0.1) is 5.56 Å². The maximum atomic E-state index is 13.2. The van der Waals surface area contributed by atoms with Gasteiger partial charge in [-0.1, -0.05) is 36.1 Å². The van der Waals surface area contributed by atoms with Gasteiger partial charge in [0.25, 0.3) is 0 Å². The Morgan fingerprint density at radius 2 is 1.76 bits per heavy atom. The first-order valence-electron chi connectivity index (χ1n) is 10.7. The molecular weight excluding hydrogens is 429 g/mol. The molecule has 0 fully saturated rings. The Morgan fingerprint density at radius 3 is 2.53 bits per heavy atom. The van der Waals surface area contributed by atoms with Gasteiger partial charge in [0, 0.05) is 30.2 Å². The summed E-state index contributed by atoms with van der Waals surface area (Å²) in [6.45, 7) is 0.476. The lowest BCUT2D eigenvalue weighted by molar-refractivity contribution is 0.252. The lowest BCUT2D eigenvalue weighted by atomic mass is 10.1. The second kappa shape index (κ2) is 11.3. The number of urea groups is 1. The lowest BCUT2D eigenvalue weighted by Crippen LogP contribution is -2.30. The molecule has 3 aromatic carbocycles. The summed E-state index contributed by atoms with van der Waals surface area (Å²) in [6.07, 6.45) is 4.17. The number of pyridine rings is 1. The van der Waals surface area contributed by atoms with Crippen LogP contribution in [0.25, 0.3) is 0 Å². The van der Waals surface area contributed by atoms with Crippen LogP contribution in [-0.2, 0) is 6.42 Å². The van der Waals surface area contributed by atoms with Gasteiger partial charge in [-0.05, 0) is 72.6 Å². The minimum Gasteiger partial charge on any atom is -0.456 e. The molecule has 4 aromatic rings. The Bertz CT molecular complexity index is 1300. The second-order valence-electron chi connectivity index (χ2n) is 7.38. The first-order valence-corrected chi connectivity index (χ1v) is 10.7. The van der Waals surface area contributed by atoms with Gasteiger partial charge in [0.1, 0.15) is 17.3 Å². The molecule has 1 aromatic heterocycles. The van der Waals surface area contributed by atoms with Crippen LogP contribution >= 0.6 is 0 Å². The number of rotatable bonds is 6. The van der Waals surface area contributed by atoms with Crippen molar-refractivity contribution in [3.8, 4) is 23.3 Å². The molecule has 0 spiro atoms. The predicted molar refractivity (Wildman–Crippen MR) is 130 cm³/mol. The average molecular weight is 452 g/mol. The first kappa shape index (κ1) is 22.6. The zero-order valence-corrected chi connectivity index (χ0v) is 18.3. The van der Waals surface area contributed by atoms with Crippen molar-refractivity contribution in [2.24, 2.45) is 0 Å². The predicted octanol–water partition coefficient (Wildman–Crippen LogP) is 5.78. The van der Waals surface area contributed by atoms with Gasteiger partial charge >= 0.3 is 6.03 Å². The van der Waals surface area contributed by atoms with Crippen molar-refractivity contribution in [3.05, 3.63) is 120 Å². The van der Waals surface area contributed by atoms with Crippen molar-refractivity contribution in [1.82, 2.24) is 10.3 Å². The van der Waals surface area contributed by atoms with E-state index in [1.165, 1.54) is 12.1 Å². The van der Waals surface area contributed by atoms with Gasteiger partial charge in [-0.25, -0.2) is 9.18 Å². The largest absolute Gasteiger partial charge is 0.456 e.